The summed E-state index contributed by atoms with van der Waals surface area (Å²) in [4.78, 5) is 0. The van der Waals surface area contributed by atoms with E-state index in [1.165, 1.54) is 19.3 Å². The average Bonchev–Trinajstić information content (AvgIpc) is 2.79. The fraction of sp³-hybridized carbons (Fsp3) is 0.647. The van der Waals surface area contributed by atoms with E-state index in [2.05, 4.69) is 0 Å². The number of hydrogen-bond donors (Lipinski definition) is 1. The predicted octanol–water partition coefficient (Wildman–Crippen LogP) is 3.02. The van der Waals surface area contributed by atoms with E-state index in [0.717, 1.165) is 42.1 Å². The first kappa shape index (κ1) is 14.5. The van der Waals surface area contributed by atoms with E-state index < -0.39 is 0 Å². The molecule has 116 valence electrons. The van der Waals surface area contributed by atoms with E-state index in [1.807, 2.05) is 12.1 Å². The SMILES string of the molecule is COc1ccc2c(c1C1(CN)CCCCC1)OCCCO2. The van der Waals surface area contributed by atoms with Gasteiger partial charge in [0.2, 0.25) is 0 Å². The second-order valence-electron chi connectivity index (χ2n) is 6.07. The Morgan fingerprint density at radius 1 is 1.10 bits per heavy atom. The van der Waals surface area contributed by atoms with E-state index in [-0.39, 0.29) is 5.41 Å². The summed E-state index contributed by atoms with van der Waals surface area (Å²) < 4.78 is 17.5. The lowest BCUT2D eigenvalue weighted by Crippen LogP contribution is -2.38. The first-order chi connectivity index (χ1) is 10.3. The van der Waals surface area contributed by atoms with Crippen LogP contribution in [0.1, 0.15) is 44.1 Å². The molecule has 1 heterocycles. The Morgan fingerprint density at radius 3 is 2.57 bits per heavy atom. The average molecular weight is 291 g/mol. The molecule has 1 aliphatic heterocycles. The zero-order chi connectivity index (χ0) is 14.7. The number of nitrogens with two attached hydrogens (primary N) is 1. The molecule has 1 aromatic rings. The third kappa shape index (κ3) is 2.57. The predicted molar refractivity (Wildman–Crippen MR) is 82.4 cm³/mol. The highest BCUT2D eigenvalue weighted by Crippen LogP contribution is 2.50. The zero-order valence-electron chi connectivity index (χ0n) is 12.8. The van der Waals surface area contributed by atoms with Crippen LogP contribution in [0.4, 0.5) is 0 Å². The third-order valence-electron chi connectivity index (χ3n) is 4.83. The molecule has 2 aliphatic rings. The van der Waals surface area contributed by atoms with E-state index in [4.69, 9.17) is 19.9 Å². The maximum absolute atomic E-state index is 6.21. The highest BCUT2D eigenvalue weighted by Gasteiger charge is 2.39. The van der Waals surface area contributed by atoms with Crippen molar-refractivity contribution in [2.24, 2.45) is 5.73 Å². The smallest absolute Gasteiger partial charge is 0.168 e. The molecule has 0 aromatic heterocycles. The molecule has 0 saturated heterocycles. The summed E-state index contributed by atoms with van der Waals surface area (Å²) >= 11 is 0. The maximum atomic E-state index is 6.21. The highest BCUT2D eigenvalue weighted by atomic mass is 16.5. The zero-order valence-corrected chi connectivity index (χ0v) is 12.8. The van der Waals surface area contributed by atoms with Gasteiger partial charge in [0.05, 0.1) is 20.3 Å². The quantitative estimate of drug-likeness (QED) is 0.930. The van der Waals surface area contributed by atoms with Crippen molar-refractivity contribution in [3.05, 3.63) is 17.7 Å². The van der Waals surface area contributed by atoms with Crippen LogP contribution in [0.2, 0.25) is 0 Å². The molecule has 1 fully saturated rings. The number of ether oxygens (including phenoxy) is 3. The van der Waals surface area contributed by atoms with Crippen molar-refractivity contribution < 1.29 is 14.2 Å². The van der Waals surface area contributed by atoms with Crippen LogP contribution in [0.25, 0.3) is 0 Å². The van der Waals surface area contributed by atoms with Crippen LogP contribution in [0.5, 0.6) is 17.2 Å². The number of methoxy groups -OCH3 is 1. The van der Waals surface area contributed by atoms with E-state index in [0.29, 0.717) is 19.8 Å². The lowest BCUT2D eigenvalue weighted by molar-refractivity contribution is 0.261. The van der Waals surface area contributed by atoms with Gasteiger partial charge in [0, 0.05) is 23.9 Å². The van der Waals surface area contributed by atoms with Crippen LogP contribution in [0.15, 0.2) is 12.1 Å². The van der Waals surface area contributed by atoms with Gasteiger partial charge in [0.1, 0.15) is 5.75 Å². The fourth-order valence-corrected chi connectivity index (χ4v) is 3.67. The van der Waals surface area contributed by atoms with Gasteiger partial charge in [-0.15, -0.1) is 0 Å². The van der Waals surface area contributed by atoms with Crippen LogP contribution < -0.4 is 19.9 Å². The Labute approximate surface area is 126 Å². The van der Waals surface area contributed by atoms with E-state index in [1.54, 1.807) is 7.11 Å². The number of hydrogen-bond acceptors (Lipinski definition) is 4. The molecule has 0 unspecified atom stereocenters. The summed E-state index contributed by atoms with van der Waals surface area (Å²) in [6.07, 6.45) is 6.82. The molecule has 0 atom stereocenters. The summed E-state index contributed by atoms with van der Waals surface area (Å²) in [5.74, 6) is 2.58. The van der Waals surface area contributed by atoms with Gasteiger partial charge >= 0.3 is 0 Å². The molecule has 0 spiro atoms. The number of benzene rings is 1. The van der Waals surface area contributed by atoms with Gasteiger partial charge in [0.15, 0.2) is 11.5 Å². The second kappa shape index (κ2) is 6.14. The van der Waals surface area contributed by atoms with E-state index in [9.17, 15) is 0 Å². The molecule has 21 heavy (non-hydrogen) atoms. The lowest BCUT2D eigenvalue weighted by Gasteiger charge is -2.38. The van der Waals surface area contributed by atoms with Crippen LogP contribution in [0, 0.1) is 0 Å². The van der Waals surface area contributed by atoms with Gasteiger partial charge in [-0.2, -0.15) is 0 Å². The molecule has 4 heteroatoms. The molecule has 0 amide bonds. The Hall–Kier alpha value is -1.42. The third-order valence-corrected chi connectivity index (χ3v) is 4.83. The van der Waals surface area contributed by atoms with Gasteiger partial charge in [-0.3, -0.25) is 0 Å². The van der Waals surface area contributed by atoms with Gasteiger partial charge < -0.3 is 19.9 Å². The van der Waals surface area contributed by atoms with Crippen LogP contribution in [0.3, 0.4) is 0 Å². The Balaban J connectivity index is 2.13. The minimum absolute atomic E-state index is 0.0391. The summed E-state index contributed by atoms with van der Waals surface area (Å²) in [5, 5.41) is 0. The highest BCUT2D eigenvalue weighted by molar-refractivity contribution is 5.58. The van der Waals surface area contributed by atoms with Crippen molar-refractivity contribution >= 4 is 0 Å². The second-order valence-corrected chi connectivity index (χ2v) is 6.07. The molecule has 1 aromatic carbocycles. The van der Waals surface area contributed by atoms with Crippen molar-refractivity contribution in [1.82, 2.24) is 0 Å². The monoisotopic (exact) mass is 291 g/mol. The molecule has 3 rings (SSSR count). The van der Waals surface area contributed by atoms with Gasteiger partial charge in [-0.1, -0.05) is 19.3 Å². The van der Waals surface area contributed by atoms with Crippen molar-refractivity contribution in [3.8, 4) is 17.2 Å². The molecule has 1 aliphatic carbocycles. The first-order valence-electron chi connectivity index (χ1n) is 7.98. The minimum atomic E-state index is -0.0391. The lowest BCUT2D eigenvalue weighted by atomic mass is 9.68. The van der Waals surface area contributed by atoms with Crippen LogP contribution in [-0.4, -0.2) is 26.9 Å². The molecular formula is C17H25NO3. The van der Waals surface area contributed by atoms with Gasteiger partial charge in [-0.25, -0.2) is 0 Å². The van der Waals surface area contributed by atoms with Crippen molar-refractivity contribution in [3.63, 3.8) is 0 Å². The van der Waals surface area contributed by atoms with Crippen molar-refractivity contribution in [2.45, 2.75) is 43.9 Å². The normalized spacial score (nSPS) is 20.7. The standard InChI is InChI=1S/C17H25NO3/c1-19-13-6-7-14-16(21-11-5-10-20-14)15(13)17(12-18)8-3-2-4-9-17/h6-7H,2-5,8-12,18H2,1H3. The molecule has 0 radical (unpaired) electrons. The summed E-state index contributed by atoms with van der Waals surface area (Å²) in [6, 6.07) is 3.95. The molecular weight excluding hydrogens is 266 g/mol. The number of rotatable bonds is 3. The molecule has 4 nitrogen and oxygen atoms in total. The first-order valence-corrected chi connectivity index (χ1v) is 7.98. The minimum Gasteiger partial charge on any atom is -0.496 e. The molecule has 0 bridgehead atoms. The molecule has 2 N–H and O–H groups in total. The summed E-state index contributed by atoms with van der Waals surface area (Å²) in [5.41, 5.74) is 7.31. The van der Waals surface area contributed by atoms with Gasteiger partial charge in [-0.05, 0) is 25.0 Å². The molecule has 1 saturated carbocycles. The van der Waals surface area contributed by atoms with Crippen LogP contribution >= 0.6 is 0 Å². The Kier molecular flexibility index (Phi) is 4.24. The largest absolute Gasteiger partial charge is 0.496 e. The van der Waals surface area contributed by atoms with Crippen molar-refractivity contribution in [1.29, 1.82) is 0 Å². The van der Waals surface area contributed by atoms with Crippen LogP contribution in [-0.2, 0) is 5.41 Å². The Morgan fingerprint density at radius 2 is 1.86 bits per heavy atom. The Bertz CT molecular complexity index is 495. The van der Waals surface area contributed by atoms with E-state index >= 15 is 0 Å². The summed E-state index contributed by atoms with van der Waals surface area (Å²) in [6.45, 7) is 2.02. The fourth-order valence-electron chi connectivity index (χ4n) is 3.67. The maximum Gasteiger partial charge on any atom is 0.168 e. The topological polar surface area (TPSA) is 53.7 Å². The van der Waals surface area contributed by atoms with Crippen molar-refractivity contribution in [2.75, 3.05) is 26.9 Å². The number of fused-ring (bicyclic) bond motifs is 1. The summed E-state index contributed by atoms with van der Waals surface area (Å²) in [7, 11) is 1.72. The van der Waals surface area contributed by atoms with Gasteiger partial charge in [0.25, 0.3) is 0 Å².